The Labute approximate surface area is 101 Å². The molecule has 0 amide bonds. The van der Waals surface area contributed by atoms with Gasteiger partial charge in [0.1, 0.15) is 11.5 Å². The van der Waals surface area contributed by atoms with Gasteiger partial charge in [-0.05, 0) is 43.2 Å². The molecule has 0 N–H and O–H groups in total. The molecule has 1 nitrogen and oxygen atoms in total. The van der Waals surface area contributed by atoms with Crippen molar-refractivity contribution in [1.29, 1.82) is 0 Å². The van der Waals surface area contributed by atoms with Crippen molar-refractivity contribution in [3.63, 3.8) is 0 Å². The van der Waals surface area contributed by atoms with Crippen LogP contribution in [0.3, 0.4) is 0 Å². The number of benzene rings is 1. The number of rotatable bonds is 1. The Bertz CT molecular complexity index is 538. The fourth-order valence-corrected chi connectivity index (χ4v) is 3.50. The molecule has 1 heterocycles. The van der Waals surface area contributed by atoms with Crippen LogP contribution in [0.15, 0.2) is 40.8 Å². The van der Waals surface area contributed by atoms with Gasteiger partial charge in [-0.2, -0.15) is 0 Å². The van der Waals surface area contributed by atoms with Gasteiger partial charge in [0, 0.05) is 11.5 Å². The smallest absolute Gasteiger partial charge is 0.134 e. The zero-order chi connectivity index (χ0) is 11.2. The van der Waals surface area contributed by atoms with E-state index in [0.29, 0.717) is 5.92 Å². The summed E-state index contributed by atoms with van der Waals surface area (Å²) >= 11 is 0. The van der Waals surface area contributed by atoms with Crippen LogP contribution in [0.5, 0.6) is 0 Å². The van der Waals surface area contributed by atoms with Crippen molar-refractivity contribution < 1.29 is 4.42 Å². The van der Waals surface area contributed by atoms with E-state index in [9.17, 15) is 0 Å². The lowest BCUT2D eigenvalue weighted by Crippen LogP contribution is -2.07. The highest BCUT2D eigenvalue weighted by Gasteiger charge is 2.35. The van der Waals surface area contributed by atoms with Crippen molar-refractivity contribution in [2.45, 2.75) is 31.6 Å². The molecule has 4 rings (SSSR count). The van der Waals surface area contributed by atoms with Crippen LogP contribution in [0.4, 0.5) is 0 Å². The van der Waals surface area contributed by atoms with E-state index < -0.39 is 0 Å². The van der Waals surface area contributed by atoms with Gasteiger partial charge < -0.3 is 4.42 Å². The molecule has 2 bridgehead atoms. The zero-order valence-corrected chi connectivity index (χ0v) is 9.86. The van der Waals surface area contributed by atoms with Gasteiger partial charge in [-0.15, -0.1) is 0 Å². The number of hydrogen-bond acceptors (Lipinski definition) is 1. The Morgan fingerprint density at radius 2 is 1.94 bits per heavy atom. The van der Waals surface area contributed by atoms with Crippen LogP contribution in [0.2, 0.25) is 0 Å². The van der Waals surface area contributed by atoms with Crippen LogP contribution < -0.4 is 0 Å². The predicted octanol–water partition coefficient (Wildman–Crippen LogP) is 4.39. The fourth-order valence-electron chi connectivity index (χ4n) is 3.50. The first-order valence-corrected chi connectivity index (χ1v) is 6.58. The summed E-state index contributed by atoms with van der Waals surface area (Å²) in [7, 11) is 0. The summed E-state index contributed by atoms with van der Waals surface area (Å²) in [4.78, 5) is 0. The average Bonchev–Trinajstić information content (AvgIpc) is 2.97. The molecular weight excluding hydrogens is 208 g/mol. The fraction of sp³-hybridized carbons (Fsp3) is 0.375. The molecule has 2 unspecified atom stereocenters. The van der Waals surface area contributed by atoms with E-state index in [4.69, 9.17) is 4.42 Å². The largest absolute Gasteiger partial charge is 0.461 e. The van der Waals surface area contributed by atoms with Crippen LogP contribution in [-0.4, -0.2) is 0 Å². The van der Waals surface area contributed by atoms with Crippen LogP contribution in [-0.2, 0) is 6.42 Å². The van der Waals surface area contributed by atoms with E-state index >= 15 is 0 Å². The van der Waals surface area contributed by atoms with E-state index in [0.717, 1.165) is 11.7 Å². The molecule has 0 spiro atoms. The van der Waals surface area contributed by atoms with Crippen LogP contribution in [0.25, 0.3) is 11.3 Å². The lowest BCUT2D eigenvalue weighted by Gasteiger charge is -2.16. The second-order valence-electron chi connectivity index (χ2n) is 5.45. The van der Waals surface area contributed by atoms with Crippen molar-refractivity contribution in [2.75, 3.05) is 0 Å². The van der Waals surface area contributed by atoms with Gasteiger partial charge in [-0.25, -0.2) is 0 Å². The highest BCUT2D eigenvalue weighted by Crippen LogP contribution is 2.48. The topological polar surface area (TPSA) is 13.1 Å². The third kappa shape index (κ3) is 1.45. The highest BCUT2D eigenvalue weighted by molar-refractivity contribution is 5.59. The molecule has 1 aromatic carbocycles. The summed E-state index contributed by atoms with van der Waals surface area (Å²) in [6.07, 6.45) is 5.33. The predicted molar refractivity (Wildman–Crippen MR) is 67.9 cm³/mol. The lowest BCUT2D eigenvalue weighted by atomic mass is 9.88. The van der Waals surface area contributed by atoms with E-state index in [1.54, 1.807) is 0 Å². The van der Waals surface area contributed by atoms with Gasteiger partial charge in [-0.3, -0.25) is 0 Å². The third-order valence-corrected chi connectivity index (χ3v) is 4.32. The molecule has 2 aliphatic rings. The molecule has 1 heteroatoms. The van der Waals surface area contributed by atoms with Crippen LogP contribution in [0.1, 0.15) is 36.5 Å². The van der Waals surface area contributed by atoms with Crippen molar-refractivity contribution >= 4 is 0 Å². The normalized spacial score (nSPS) is 25.9. The summed E-state index contributed by atoms with van der Waals surface area (Å²) in [6.45, 7) is 0. The Morgan fingerprint density at radius 1 is 1.06 bits per heavy atom. The van der Waals surface area contributed by atoms with E-state index in [-0.39, 0.29) is 0 Å². The maximum absolute atomic E-state index is 6.12. The summed E-state index contributed by atoms with van der Waals surface area (Å²) in [5.74, 6) is 3.98. The van der Waals surface area contributed by atoms with Crippen molar-refractivity contribution in [2.24, 2.45) is 5.92 Å². The number of fused-ring (bicyclic) bond motifs is 4. The quantitative estimate of drug-likeness (QED) is 0.700. The minimum absolute atomic E-state index is 0.709. The number of furan rings is 1. The molecule has 0 saturated heterocycles. The first-order valence-electron chi connectivity index (χ1n) is 6.58. The van der Waals surface area contributed by atoms with Gasteiger partial charge in [0.05, 0.1) is 0 Å². The molecule has 2 aromatic rings. The van der Waals surface area contributed by atoms with Crippen molar-refractivity contribution in [3.05, 3.63) is 47.7 Å². The first-order chi connectivity index (χ1) is 8.40. The molecule has 17 heavy (non-hydrogen) atoms. The monoisotopic (exact) mass is 224 g/mol. The minimum Gasteiger partial charge on any atom is -0.461 e. The lowest BCUT2D eigenvalue weighted by molar-refractivity contribution is 0.427. The Morgan fingerprint density at radius 3 is 2.82 bits per heavy atom. The molecular formula is C16H16O. The first kappa shape index (κ1) is 9.52. The molecule has 86 valence electrons. The molecule has 0 aliphatic heterocycles. The van der Waals surface area contributed by atoms with Gasteiger partial charge in [0.25, 0.3) is 0 Å². The van der Waals surface area contributed by atoms with Crippen molar-refractivity contribution in [3.8, 4) is 11.3 Å². The second-order valence-corrected chi connectivity index (χ2v) is 5.45. The standard InChI is InChI=1S/C16H16O/c1-2-4-12(5-3-1)15-10-14-9-11-6-7-13(8-11)16(14)17-15/h1-5,10-11,13H,6-9H2. The highest BCUT2D eigenvalue weighted by atomic mass is 16.3. The molecule has 2 aliphatic carbocycles. The Kier molecular flexibility index (Phi) is 1.96. The second kappa shape index (κ2) is 3.49. The molecule has 1 aromatic heterocycles. The summed E-state index contributed by atoms with van der Waals surface area (Å²) in [6, 6.07) is 12.7. The Hall–Kier alpha value is -1.50. The maximum atomic E-state index is 6.12. The molecule has 2 atom stereocenters. The zero-order valence-electron chi connectivity index (χ0n) is 9.86. The van der Waals surface area contributed by atoms with Crippen molar-refractivity contribution in [1.82, 2.24) is 0 Å². The maximum Gasteiger partial charge on any atom is 0.134 e. The Balaban J connectivity index is 1.79. The third-order valence-electron chi connectivity index (χ3n) is 4.32. The van der Waals surface area contributed by atoms with E-state index in [2.05, 4.69) is 30.3 Å². The molecule has 1 saturated carbocycles. The van der Waals surface area contributed by atoms with E-state index in [1.165, 1.54) is 42.6 Å². The number of hydrogen-bond donors (Lipinski definition) is 0. The van der Waals surface area contributed by atoms with Crippen LogP contribution >= 0.6 is 0 Å². The average molecular weight is 224 g/mol. The molecule has 1 fully saturated rings. The molecule has 0 radical (unpaired) electrons. The summed E-state index contributed by atoms with van der Waals surface area (Å²) < 4.78 is 6.12. The van der Waals surface area contributed by atoms with Crippen LogP contribution in [0, 0.1) is 5.92 Å². The summed E-state index contributed by atoms with van der Waals surface area (Å²) in [5, 5.41) is 0. The summed E-state index contributed by atoms with van der Waals surface area (Å²) in [5.41, 5.74) is 2.68. The van der Waals surface area contributed by atoms with Gasteiger partial charge in [0.15, 0.2) is 0 Å². The van der Waals surface area contributed by atoms with E-state index in [1.807, 2.05) is 6.07 Å². The van der Waals surface area contributed by atoms with Gasteiger partial charge in [-0.1, -0.05) is 30.3 Å². The van der Waals surface area contributed by atoms with Gasteiger partial charge >= 0.3 is 0 Å². The minimum atomic E-state index is 0.709. The SMILES string of the molecule is c1ccc(-c2cc3c(o2)C2CCC(C3)C2)cc1. The van der Waals surface area contributed by atoms with Gasteiger partial charge in [0.2, 0.25) is 0 Å².